The van der Waals surface area contributed by atoms with Crippen LogP contribution in [0.5, 0.6) is 0 Å². The summed E-state index contributed by atoms with van der Waals surface area (Å²) in [5.41, 5.74) is 0.0148. The van der Waals surface area contributed by atoms with E-state index in [2.05, 4.69) is 18.2 Å². The summed E-state index contributed by atoms with van der Waals surface area (Å²) in [7, 11) is 0. The molecule has 0 amide bonds. The molecular weight excluding hydrogens is 368 g/mol. The third-order valence-electron chi connectivity index (χ3n) is 6.55. The number of benzene rings is 5. The highest BCUT2D eigenvalue weighted by Crippen LogP contribution is 2.41. The first-order chi connectivity index (χ1) is 14.8. The van der Waals surface area contributed by atoms with Gasteiger partial charge in [0.1, 0.15) is 0 Å². The molecule has 0 aliphatic heterocycles. The molecule has 0 aliphatic rings. The Morgan fingerprint density at radius 1 is 0.300 bits per heavy atom. The van der Waals surface area contributed by atoms with Gasteiger partial charge in [-0.3, -0.25) is 9.59 Å². The quantitative estimate of drug-likeness (QED) is 0.293. The molecule has 0 fully saturated rings. The van der Waals surface area contributed by atoms with Crippen molar-refractivity contribution in [1.29, 1.82) is 0 Å². The van der Waals surface area contributed by atoms with Gasteiger partial charge >= 0.3 is 0 Å². The highest BCUT2D eigenvalue weighted by Gasteiger charge is 2.21. The van der Waals surface area contributed by atoms with Crippen molar-refractivity contribution in [1.82, 2.24) is 0 Å². The first kappa shape index (κ1) is 15.8. The summed E-state index contributed by atoms with van der Waals surface area (Å²) in [5, 5.41) is 10.4. The van der Waals surface area contributed by atoms with E-state index in [0.29, 0.717) is 21.5 Å². The summed E-state index contributed by atoms with van der Waals surface area (Å²) in [6.45, 7) is 0. The third kappa shape index (κ3) is 1.71. The molecule has 0 bridgehead atoms. The summed E-state index contributed by atoms with van der Waals surface area (Å²) < 4.78 is 0. The van der Waals surface area contributed by atoms with Gasteiger partial charge in [-0.2, -0.15) is 0 Å². The molecule has 0 unspecified atom stereocenters. The van der Waals surface area contributed by atoms with Crippen molar-refractivity contribution < 1.29 is 0 Å². The van der Waals surface area contributed by atoms with E-state index in [4.69, 9.17) is 0 Å². The van der Waals surface area contributed by atoms with Crippen molar-refractivity contribution >= 4 is 64.6 Å². The molecule has 0 saturated carbocycles. The second-order valence-corrected chi connectivity index (χ2v) is 7.96. The van der Waals surface area contributed by atoms with E-state index in [0.717, 1.165) is 43.1 Å². The topological polar surface area (TPSA) is 34.1 Å². The zero-order valence-electron chi connectivity index (χ0n) is 15.9. The van der Waals surface area contributed by atoms with E-state index in [-0.39, 0.29) is 10.9 Å². The molecule has 0 aromatic heterocycles. The maximum absolute atomic E-state index is 13.6. The highest BCUT2D eigenvalue weighted by atomic mass is 16.1. The van der Waals surface area contributed by atoms with Crippen molar-refractivity contribution in [2.24, 2.45) is 0 Å². The predicted molar refractivity (Wildman–Crippen MR) is 126 cm³/mol. The van der Waals surface area contributed by atoms with E-state index in [9.17, 15) is 9.59 Å². The fraction of sp³-hybridized carbons (Fsp3) is 0. The van der Waals surface area contributed by atoms with E-state index in [1.807, 2.05) is 66.7 Å². The molecule has 2 heteroatoms. The van der Waals surface area contributed by atoms with Gasteiger partial charge in [0, 0.05) is 32.3 Å². The molecule has 0 N–H and O–H groups in total. The standard InChI is InChI=1S/C28H14O2/c29-27-21-11-5-2-8-16(21)20-14-13-19-15-7-1-3-9-17(15)23-18-10-4-6-12-22(18)28(30)26(23)24(19)25(20)27/h1-14H. The number of rotatable bonds is 0. The summed E-state index contributed by atoms with van der Waals surface area (Å²) in [6, 6.07) is 27.8. The van der Waals surface area contributed by atoms with Gasteiger partial charge in [0.15, 0.2) is 10.9 Å². The summed E-state index contributed by atoms with van der Waals surface area (Å²) in [4.78, 5) is 27.1. The van der Waals surface area contributed by atoms with Crippen LogP contribution in [-0.2, 0) is 0 Å². The Balaban J connectivity index is 1.97. The van der Waals surface area contributed by atoms with Gasteiger partial charge in [-0.25, -0.2) is 0 Å². The Kier molecular flexibility index (Phi) is 2.80. The van der Waals surface area contributed by atoms with Gasteiger partial charge < -0.3 is 0 Å². The monoisotopic (exact) mass is 382 g/mol. The molecule has 0 aliphatic carbocycles. The second kappa shape index (κ2) is 5.31. The molecule has 0 heterocycles. The van der Waals surface area contributed by atoms with Gasteiger partial charge in [-0.1, -0.05) is 84.9 Å². The molecule has 138 valence electrons. The maximum atomic E-state index is 13.6. The summed E-state index contributed by atoms with van der Waals surface area (Å²) in [6.07, 6.45) is 0. The van der Waals surface area contributed by atoms with Gasteiger partial charge in [-0.05, 0) is 32.3 Å². The fourth-order valence-electron chi connectivity index (χ4n) is 5.33. The molecule has 7 rings (SSSR count). The minimum absolute atomic E-state index is 0.00689. The van der Waals surface area contributed by atoms with Crippen LogP contribution in [0.4, 0.5) is 0 Å². The van der Waals surface area contributed by atoms with Crippen molar-refractivity contribution in [3.63, 3.8) is 0 Å². The fourth-order valence-corrected chi connectivity index (χ4v) is 5.33. The largest absolute Gasteiger partial charge is 0.289 e. The lowest BCUT2D eigenvalue weighted by Gasteiger charge is -2.08. The zero-order valence-corrected chi connectivity index (χ0v) is 15.9. The normalized spacial score (nSPS) is 12.3. The Morgan fingerprint density at radius 3 is 1.30 bits per heavy atom. The van der Waals surface area contributed by atoms with E-state index < -0.39 is 0 Å². The Morgan fingerprint density at radius 2 is 0.667 bits per heavy atom. The first-order valence-electron chi connectivity index (χ1n) is 10.1. The van der Waals surface area contributed by atoms with E-state index in [1.165, 1.54) is 0 Å². The third-order valence-corrected chi connectivity index (χ3v) is 6.55. The zero-order chi connectivity index (χ0) is 20.0. The molecular formula is C28H14O2. The molecule has 7 aromatic carbocycles. The van der Waals surface area contributed by atoms with Crippen LogP contribution in [0.15, 0.2) is 94.5 Å². The van der Waals surface area contributed by atoms with Crippen LogP contribution in [0, 0.1) is 0 Å². The molecule has 7 aromatic rings. The van der Waals surface area contributed by atoms with Gasteiger partial charge in [0.25, 0.3) is 0 Å². The SMILES string of the molecule is O=c1c2ccccc2c2ccc3c4ccccc4c4c5ccccc5c(=O)c4c3c12. The molecule has 2 nitrogen and oxygen atoms in total. The van der Waals surface area contributed by atoms with Gasteiger partial charge in [-0.15, -0.1) is 0 Å². The minimum atomic E-state index is 0.00689. The van der Waals surface area contributed by atoms with Crippen LogP contribution in [0.2, 0.25) is 0 Å². The van der Waals surface area contributed by atoms with Crippen LogP contribution in [0.3, 0.4) is 0 Å². The molecule has 0 atom stereocenters. The lowest BCUT2D eigenvalue weighted by molar-refractivity contribution is 1.80. The minimum Gasteiger partial charge on any atom is -0.289 e. The van der Waals surface area contributed by atoms with Crippen molar-refractivity contribution in [3.8, 4) is 0 Å². The van der Waals surface area contributed by atoms with Crippen molar-refractivity contribution in [2.75, 3.05) is 0 Å². The lowest BCUT2D eigenvalue weighted by Crippen LogP contribution is -1.99. The Labute approximate surface area is 170 Å². The smallest absolute Gasteiger partial charge is 0.194 e. The van der Waals surface area contributed by atoms with E-state index >= 15 is 0 Å². The van der Waals surface area contributed by atoms with Crippen molar-refractivity contribution in [2.45, 2.75) is 0 Å². The molecule has 0 radical (unpaired) electrons. The van der Waals surface area contributed by atoms with Crippen LogP contribution in [0.25, 0.3) is 64.6 Å². The predicted octanol–water partition coefficient (Wildman–Crippen LogP) is 6.20. The van der Waals surface area contributed by atoms with Gasteiger partial charge in [0.05, 0.1) is 0 Å². The van der Waals surface area contributed by atoms with E-state index in [1.54, 1.807) is 0 Å². The Bertz CT molecular complexity index is 1930. The van der Waals surface area contributed by atoms with Crippen molar-refractivity contribution in [3.05, 3.63) is 105 Å². The first-order valence-corrected chi connectivity index (χ1v) is 10.1. The Hall–Kier alpha value is -4.04. The lowest BCUT2D eigenvalue weighted by atomic mass is 9.93. The number of fused-ring (bicyclic) bond motifs is 12. The van der Waals surface area contributed by atoms with Gasteiger partial charge in [0.2, 0.25) is 0 Å². The number of hydrogen-bond acceptors (Lipinski definition) is 2. The van der Waals surface area contributed by atoms with Crippen LogP contribution in [-0.4, -0.2) is 0 Å². The van der Waals surface area contributed by atoms with Crippen LogP contribution < -0.4 is 10.9 Å². The highest BCUT2D eigenvalue weighted by molar-refractivity contribution is 6.38. The van der Waals surface area contributed by atoms with Crippen LogP contribution >= 0.6 is 0 Å². The summed E-state index contributed by atoms with van der Waals surface area (Å²) >= 11 is 0. The molecule has 0 spiro atoms. The maximum Gasteiger partial charge on any atom is 0.194 e. The second-order valence-electron chi connectivity index (χ2n) is 7.96. The summed E-state index contributed by atoms with van der Waals surface area (Å²) in [5.74, 6) is 0. The molecule has 30 heavy (non-hydrogen) atoms. The molecule has 0 saturated heterocycles. The average molecular weight is 382 g/mol. The number of hydrogen-bond donors (Lipinski definition) is 0. The van der Waals surface area contributed by atoms with Crippen LogP contribution in [0.1, 0.15) is 0 Å². The average Bonchev–Trinajstić information content (AvgIpc) is 3.27.